The molecule has 0 aliphatic carbocycles. The Balaban J connectivity index is 1.69. The summed E-state index contributed by atoms with van der Waals surface area (Å²) in [4.78, 5) is 15.9. The van der Waals surface area contributed by atoms with Crippen LogP contribution >= 0.6 is 0 Å². The van der Waals surface area contributed by atoms with Crippen molar-refractivity contribution in [2.45, 2.75) is 6.18 Å². The topological polar surface area (TPSA) is 70.7 Å². The van der Waals surface area contributed by atoms with Crippen molar-refractivity contribution in [2.75, 3.05) is 5.32 Å². The van der Waals surface area contributed by atoms with Crippen LogP contribution < -0.4 is 5.32 Å². The fourth-order valence-corrected chi connectivity index (χ4v) is 2.92. The molecule has 0 fully saturated rings. The SMILES string of the molecule is O=C(Nc1cccc(C(F)(F)F)n1)c1n[nH]c2ccc(-c3cccc(F)c3F)cc12. The van der Waals surface area contributed by atoms with E-state index in [4.69, 9.17) is 0 Å². The quantitative estimate of drug-likeness (QED) is 0.451. The number of hydrogen-bond acceptors (Lipinski definition) is 3. The smallest absolute Gasteiger partial charge is 0.305 e. The van der Waals surface area contributed by atoms with Gasteiger partial charge < -0.3 is 5.32 Å². The highest BCUT2D eigenvalue weighted by molar-refractivity contribution is 6.11. The monoisotopic (exact) mass is 418 g/mol. The summed E-state index contributed by atoms with van der Waals surface area (Å²) >= 11 is 0. The van der Waals surface area contributed by atoms with Gasteiger partial charge >= 0.3 is 6.18 Å². The van der Waals surface area contributed by atoms with Crippen molar-refractivity contribution in [1.82, 2.24) is 15.2 Å². The van der Waals surface area contributed by atoms with Gasteiger partial charge in [-0.3, -0.25) is 9.89 Å². The van der Waals surface area contributed by atoms with E-state index in [2.05, 4.69) is 20.5 Å². The number of rotatable bonds is 3. The molecule has 152 valence electrons. The van der Waals surface area contributed by atoms with Crippen LogP contribution in [0, 0.1) is 11.6 Å². The standard InChI is InChI=1S/C20H11F5N4O/c21-13-4-1-3-11(17(13)22)10-7-8-14-12(9-10)18(29-28-14)19(30)27-16-6-2-5-15(26-16)20(23,24)25/h1-9H,(H,28,29)(H,26,27,30). The van der Waals surface area contributed by atoms with Crippen molar-refractivity contribution in [3.8, 4) is 11.1 Å². The Bertz CT molecular complexity index is 1270. The molecule has 0 radical (unpaired) electrons. The van der Waals surface area contributed by atoms with E-state index >= 15 is 0 Å². The van der Waals surface area contributed by atoms with Gasteiger partial charge in [0.2, 0.25) is 0 Å². The average Bonchev–Trinajstić information content (AvgIpc) is 3.13. The minimum Gasteiger partial charge on any atom is -0.305 e. The molecule has 0 bridgehead atoms. The molecule has 2 N–H and O–H groups in total. The largest absolute Gasteiger partial charge is 0.433 e. The van der Waals surface area contributed by atoms with Crippen LogP contribution in [0.3, 0.4) is 0 Å². The summed E-state index contributed by atoms with van der Waals surface area (Å²) in [5.41, 5.74) is -0.576. The van der Waals surface area contributed by atoms with Crippen molar-refractivity contribution in [3.05, 3.63) is 77.6 Å². The number of hydrogen-bond donors (Lipinski definition) is 2. The van der Waals surface area contributed by atoms with E-state index in [9.17, 15) is 26.7 Å². The van der Waals surface area contributed by atoms with Crippen LogP contribution in [0.25, 0.3) is 22.0 Å². The molecular formula is C20H11F5N4O. The number of alkyl halides is 3. The Hall–Kier alpha value is -3.82. The summed E-state index contributed by atoms with van der Waals surface area (Å²) in [5.74, 6) is -3.18. The van der Waals surface area contributed by atoms with Crippen LogP contribution in [0.5, 0.6) is 0 Å². The van der Waals surface area contributed by atoms with Crippen LogP contribution in [-0.4, -0.2) is 21.1 Å². The summed E-state index contributed by atoms with van der Waals surface area (Å²) in [6.07, 6.45) is -4.66. The van der Waals surface area contributed by atoms with Gasteiger partial charge in [-0.15, -0.1) is 0 Å². The number of H-pyrrole nitrogens is 1. The van der Waals surface area contributed by atoms with Gasteiger partial charge in [0.1, 0.15) is 11.5 Å². The minimum absolute atomic E-state index is 0.0102. The molecule has 0 spiro atoms. The Morgan fingerprint density at radius 1 is 1.00 bits per heavy atom. The molecule has 4 aromatic rings. The zero-order chi connectivity index (χ0) is 21.5. The van der Waals surface area contributed by atoms with Gasteiger partial charge in [-0.05, 0) is 35.9 Å². The second-order valence-corrected chi connectivity index (χ2v) is 6.29. The van der Waals surface area contributed by atoms with Crippen molar-refractivity contribution < 1.29 is 26.7 Å². The molecule has 4 rings (SSSR count). The summed E-state index contributed by atoms with van der Waals surface area (Å²) in [6.45, 7) is 0. The van der Waals surface area contributed by atoms with Crippen molar-refractivity contribution in [2.24, 2.45) is 0 Å². The normalized spacial score (nSPS) is 11.6. The highest BCUT2D eigenvalue weighted by Gasteiger charge is 2.32. The number of nitrogens with one attached hydrogen (secondary N) is 2. The first kappa shape index (κ1) is 19.5. The predicted molar refractivity (Wildman–Crippen MR) is 98.6 cm³/mol. The fourth-order valence-electron chi connectivity index (χ4n) is 2.92. The van der Waals surface area contributed by atoms with E-state index < -0.39 is 29.4 Å². The molecule has 2 aromatic heterocycles. The molecule has 0 saturated carbocycles. The van der Waals surface area contributed by atoms with E-state index in [0.29, 0.717) is 11.1 Å². The number of halogens is 5. The summed E-state index contributed by atoms with van der Waals surface area (Å²) < 4.78 is 66.1. The number of fused-ring (bicyclic) bond motifs is 1. The maximum Gasteiger partial charge on any atom is 0.433 e. The van der Waals surface area contributed by atoms with E-state index in [1.54, 1.807) is 0 Å². The number of carbonyl (C=O) groups excluding carboxylic acids is 1. The molecule has 0 aliphatic heterocycles. The van der Waals surface area contributed by atoms with Gasteiger partial charge in [0.15, 0.2) is 17.3 Å². The Labute approximate surface area is 165 Å². The lowest BCUT2D eigenvalue weighted by Crippen LogP contribution is -2.16. The maximum absolute atomic E-state index is 14.1. The van der Waals surface area contributed by atoms with E-state index in [-0.39, 0.29) is 22.5 Å². The van der Waals surface area contributed by atoms with E-state index in [0.717, 1.165) is 18.2 Å². The molecule has 30 heavy (non-hydrogen) atoms. The summed E-state index contributed by atoms with van der Waals surface area (Å²) in [6, 6.07) is 11.3. The van der Waals surface area contributed by atoms with Crippen LogP contribution in [0.2, 0.25) is 0 Å². The number of aromatic nitrogens is 3. The highest BCUT2D eigenvalue weighted by Crippen LogP contribution is 2.30. The molecular weight excluding hydrogens is 407 g/mol. The van der Waals surface area contributed by atoms with Gasteiger partial charge in [0.25, 0.3) is 5.91 Å². The number of anilines is 1. The minimum atomic E-state index is -4.66. The molecule has 5 nitrogen and oxygen atoms in total. The zero-order valence-corrected chi connectivity index (χ0v) is 14.9. The van der Waals surface area contributed by atoms with Crippen molar-refractivity contribution in [3.63, 3.8) is 0 Å². The Kier molecular flexibility index (Phi) is 4.69. The molecule has 0 saturated heterocycles. The summed E-state index contributed by atoms with van der Waals surface area (Å²) in [7, 11) is 0. The van der Waals surface area contributed by atoms with E-state index in [1.807, 2.05) is 0 Å². The second kappa shape index (κ2) is 7.21. The lowest BCUT2D eigenvalue weighted by atomic mass is 10.0. The first-order valence-electron chi connectivity index (χ1n) is 8.52. The lowest BCUT2D eigenvalue weighted by Gasteiger charge is -2.08. The van der Waals surface area contributed by atoms with Crippen LogP contribution in [0.15, 0.2) is 54.6 Å². The third kappa shape index (κ3) is 3.59. The molecule has 2 heterocycles. The molecule has 2 aromatic carbocycles. The molecule has 0 unspecified atom stereocenters. The van der Waals surface area contributed by atoms with Gasteiger partial charge in [-0.1, -0.05) is 24.3 Å². The number of nitrogens with zero attached hydrogens (tertiary/aromatic N) is 2. The van der Waals surface area contributed by atoms with Crippen molar-refractivity contribution >= 4 is 22.6 Å². The molecule has 1 amide bonds. The average molecular weight is 418 g/mol. The molecule has 10 heteroatoms. The Morgan fingerprint density at radius 2 is 1.77 bits per heavy atom. The van der Waals surface area contributed by atoms with Gasteiger partial charge in [0.05, 0.1) is 5.52 Å². The number of pyridine rings is 1. The number of benzene rings is 2. The predicted octanol–water partition coefficient (Wildman–Crippen LogP) is 5.17. The Morgan fingerprint density at radius 3 is 2.53 bits per heavy atom. The third-order valence-electron chi connectivity index (χ3n) is 4.32. The van der Waals surface area contributed by atoms with E-state index in [1.165, 1.54) is 36.4 Å². The molecule has 0 aliphatic rings. The number of amides is 1. The fraction of sp³-hybridized carbons (Fsp3) is 0.0500. The van der Waals surface area contributed by atoms with Crippen LogP contribution in [0.4, 0.5) is 27.8 Å². The lowest BCUT2D eigenvalue weighted by molar-refractivity contribution is -0.141. The van der Waals surface area contributed by atoms with Crippen molar-refractivity contribution in [1.29, 1.82) is 0 Å². The first-order chi connectivity index (χ1) is 14.2. The first-order valence-corrected chi connectivity index (χ1v) is 8.52. The van der Waals surface area contributed by atoms with Crippen LogP contribution in [0.1, 0.15) is 16.2 Å². The maximum atomic E-state index is 14.1. The highest BCUT2D eigenvalue weighted by atomic mass is 19.4. The van der Waals surface area contributed by atoms with Gasteiger partial charge in [0, 0.05) is 10.9 Å². The number of aromatic amines is 1. The second-order valence-electron chi connectivity index (χ2n) is 6.29. The van der Waals surface area contributed by atoms with Gasteiger partial charge in [-0.25, -0.2) is 13.8 Å². The third-order valence-corrected chi connectivity index (χ3v) is 4.32. The molecule has 0 atom stereocenters. The zero-order valence-electron chi connectivity index (χ0n) is 14.9. The van der Waals surface area contributed by atoms with Crippen LogP contribution in [-0.2, 0) is 6.18 Å². The summed E-state index contributed by atoms with van der Waals surface area (Å²) in [5, 5.41) is 9.04. The van der Waals surface area contributed by atoms with Gasteiger partial charge in [-0.2, -0.15) is 18.3 Å². The number of carbonyl (C=O) groups is 1.